The summed E-state index contributed by atoms with van der Waals surface area (Å²) < 4.78 is 5.73. The second-order valence-electron chi connectivity index (χ2n) is 3.84. The maximum Gasteiger partial charge on any atom is 0.193 e. The van der Waals surface area contributed by atoms with Crippen molar-refractivity contribution in [2.45, 2.75) is 0 Å². The van der Waals surface area contributed by atoms with Crippen molar-refractivity contribution in [1.29, 1.82) is 0 Å². The maximum atomic E-state index is 11.9. The van der Waals surface area contributed by atoms with Gasteiger partial charge in [-0.25, -0.2) is 0 Å². The summed E-state index contributed by atoms with van der Waals surface area (Å²) in [5.74, 6) is 0.606. The first kappa shape index (κ1) is 13.7. The summed E-state index contributed by atoms with van der Waals surface area (Å²) in [4.78, 5) is 11.9. The zero-order chi connectivity index (χ0) is 11.7. The van der Waals surface area contributed by atoms with Gasteiger partial charge in [0, 0.05) is 63.0 Å². The van der Waals surface area contributed by atoms with Crippen LogP contribution in [0.25, 0.3) is 22.3 Å². The first-order valence-corrected chi connectivity index (χ1v) is 5.43. The minimum absolute atomic E-state index is 0. The molecular formula is C15H10KO2. The van der Waals surface area contributed by atoms with Crippen LogP contribution in [0.5, 0.6) is 0 Å². The van der Waals surface area contributed by atoms with Crippen molar-refractivity contribution in [3.05, 3.63) is 70.9 Å². The number of rotatable bonds is 1. The summed E-state index contributed by atoms with van der Waals surface area (Å²) in [5.41, 5.74) is 1.53. The van der Waals surface area contributed by atoms with Crippen molar-refractivity contribution >= 4 is 62.4 Å². The predicted octanol–water partition coefficient (Wildman–Crippen LogP) is 3.08. The Morgan fingerprint density at radius 3 is 2.28 bits per heavy atom. The zero-order valence-corrected chi connectivity index (χ0v) is 13.2. The first-order chi connectivity index (χ1) is 8.34. The van der Waals surface area contributed by atoms with Crippen molar-refractivity contribution in [1.82, 2.24) is 0 Å². The zero-order valence-electron chi connectivity index (χ0n) is 10.1. The van der Waals surface area contributed by atoms with Gasteiger partial charge < -0.3 is 4.42 Å². The molecule has 0 unspecified atom stereocenters. The topological polar surface area (TPSA) is 30.2 Å². The second-order valence-corrected chi connectivity index (χ2v) is 3.84. The number of fused-ring (bicyclic) bond motifs is 1. The molecule has 0 fully saturated rings. The van der Waals surface area contributed by atoms with Crippen molar-refractivity contribution in [2.75, 3.05) is 0 Å². The van der Waals surface area contributed by atoms with Crippen LogP contribution in [0.1, 0.15) is 0 Å². The molecule has 3 heteroatoms. The van der Waals surface area contributed by atoms with Crippen LogP contribution in [0.4, 0.5) is 0 Å². The van der Waals surface area contributed by atoms with E-state index in [2.05, 4.69) is 0 Å². The Morgan fingerprint density at radius 1 is 0.833 bits per heavy atom. The van der Waals surface area contributed by atoms with Crippen LogP contribution in [0.2, 0.25) is 0 Å². The fourth-order valence-electron chi connectivity index (χ4n) is 1.85. The van der Waals surface area contributed by atoms with Crippen LogP contribution >= 0.6 is 0 Å². The average Bonchev–Trinajstić information content (AvgIpc) is 2.40. The van der Waals surface area contributed by atoms with Gasteiger partial charge in [-0.15, -0.1) is 0 Å². The predicted molar refractivity (Wildman–Crippen MR) is 73.7 cm³/mol. The van der Waals surface area contributed by atoms with Gasteiger partial charge in [-0.2, -0.15) is 0 Å². The van der Waals surface area contributed by atoms with Crippen LogP contribution < -0.4 is 5.43 Å². The Labute approximate surface area is 147 Å². The molecule has 0 saturated carbocycles. The van der Waals surface area contributed by atoms with E-state index in [0.717, 1.165) is 5.56 Å². The van der Waals surface area contributed by atoms with E-state index >= 15 is 0 Å². The molecule has 1 radical (unpaired) electrons. The second kappa shape index (κ2) is 5.95. The minimum Gasteiger partial charge on any atom is -0.456 e. The molecule has 0 amide bonds. The van der Waals surface area contributed by atoms with E-state index in [1.54, 1.807) is 6.07 Å². The Morgan fingerprint density at radius 2 is 1.50 bits per heavy atom. The smallest absolute Gasteiger partial charge is 0.193 e. The molecule has 0 N–H and O–H groups in total. The molecule has 0 aliphatic heterocycles. The largest absolute Gasteiger partial charge is 0.456 e. The standard InChI is InChI=1S/C15H10O2.K/c16-13-10-15(11-6-2-1-3-7-11)17-14-9-5-4-8-12(13)14;/h1-10H;. The van der Waals surface area contributed by atoms with Crippen molar-refractivity contribution < 1.29 is 4.42 Å². The van der Waals surface area contributed by atoms with Crippen LogP contribution in [-0.4, -0.2) is 51.4 Å². The number of benzene rings is 2. The van der Waals surface area contributed by atoms with Crippen LogP contribution in [0, 0.1) is 0 Å². The normalized spacial score (nSPS) is 10.0. The van der Waals surface area contributed by atoms with Gasteiger partial charge in [0.1, 0.15) is 11.3 Å². The van der Waals surface area contributed by atoms with E-state index in [4.69, 9.17) is 4.42 Å². The molecule has 0 spiro atoms. The third-order valence-electron chi connectivity index (χ3n) is 2.69. The molecular weight excluding hydrogens is 251 g/mol. The van der Waals surface area contributed by atoms with E-state index < -0.39 is 0 Å². The Kier molecular flexibility index (Phi) is 4.53. The SMILES string of the molecule is O=c1cc(-c2ccccc2)oc2ccccc12.[K]. The number of hydrogen-bond acceptors (Lipinski definition) is 2. The van der Waals surface area contributed by atoms with Gasteiger partial charge in [0.15, 0.2) is 5.43 Å². The fraction of sp³-hybridized carbons (Fsp3) is 0. The fourth-order valence-corrected chi connectivity index (χ4v) is 1.85. The number of hydrogen-bond donors (Lipinski definition) is 0. The van der Waals surface area contributed by atoms with E-state index in [1.807, 2.05) is 48.5 Å². The minimum atomic E-state index is -0.00861. The molecule has 2 nitrogen and oxygen atoms in total. The molecule has 0 aliphatic carbocycles. The van der Waals surface area contributed by atoms with Crippen LogP contribution in [-0.2, 0) is 0 Å². The Hall–Kier alpha value is -0.714. The molecule has 1 heterocycles. The van der Waals surface area contributed by atoms with E-state index in [-0.39, 0.29) is 56.8 Å². The molecule has 0 saturated heterocycles. The molecule has 2 aromatic carbocycles. The van der Waals surface area contributed by atoms with Crippen molar-refractivity contribution in [2.24, 2.45) is 0 Å². The van der Waals surface area contributed by atoms with Crippen LogP contribution in [0.3, 0.4) is 0 Å². The molecule has 0 aliphatic rings. The van der Waals surface area contributed by atoms with Gasteiger partial charge in [0.25, 0.3) is 0 Å². The van der Waals surface area contributed by atoms with Gasteiger partial charge in [-0.1, -0.05) is 42.5 Å². The molecule has 3 rings (SSSR count). The van der Waals surface area contributed by atoms with E-state index in [0.29, 0.717) is 16.7 Å². The number of para-hydroxylation sites is 1. The van der Waals surface area contributed by atoms with Crippen LogP contribution in [0.15, 0.2) is 69.9 Å². The first-order valence-electron chi connectivity index (χ1n) is 5.43. The Bertz CT molecular complexity index is 717. The van der Waals surface area contributed by atoms with Gasteiger partial charge >= 0.3 is 0 Å². The molecule has 0 atom stereocenters. The summed E-state index contributed by atoms with van der Waals surface area (Å²) in [6.07, 6.45) is 0. The third kappa shape index (κ3) is 2.65. The molecule has 3 aromatic rings. The monoisotopic (exact) mass is 261 g/mol. The van der Waals surface area contributed by atoms with Gasteiger partial charge in [0.2, 0.25) is 0 Å². The maximum absolute atomic E-state index is 11.9. The molecule has 83 valence electrons. The average molecular weight is 261 g/mol. The quantitative estimate of drug-likeness (QED) is 0.630. The van der Waals surface area contributed by atoms with Crippen molar-refractivity contribution in [3.8, 4) is 11.3 Å². The van der Waals surface area contributed by atoms with Gasteiger partial charge in [0.05, 0.1) is 5.39 Å². The summed E-state index contributed by atoms with van der Waals surface area (Å²) in [6, 6.07) is 18.4. The summed E-state index contributed by atoms with van der Waals surface area (Å²) in [5, 5.41) is 0.618. The molecule has 0 bridgehead atoms. The third-order valence-corrected chi connectivity index (χ3v) is 2.69. The Balaban J connectivity index is 0.00000120. The van der Waals surface area contributed by atoms with E-state index in [1.165, 1.54) is 6.07 Å². The summed E-state index contributed by atoms with van der Waals surface area (Å²) >= 11 is 0. The summed E-state index contributed by atoms with van der Waals surface area (Å²) in [6.45, 7) is 0. The van der Waals surface area contributed by atoms with Gasteiger partial charge in [-0.05, 0) is 12.1 Å². The van der Waals surface area contributed by atoms with E-state index in [9.17, 15) is 4.79 Å². The molecule has 18 heavy (non-hydrogen) atoms. The van der Waals surface area contributed by atoms with Crippen molar-refractivity contribution in [3.63, 3.8) is 0 Å². The summed E-state index contributed by atoms with van der Waals surface area (Å²) in [7, 11) is 0. The van der Waals surface area contributed by atoms with Gasteiger partial charge in [-0.3, -0.25) is 4.79 Å². The molecule has 1 aromatic heterocycles.